The Balaban J connectivity index is 2.24. The lowest BCUT2D eigenvalue weighted by molar-refractivity contribution is -0.125. The van der Waals surface area contributed by atoms with E-state index < -0.39 is 12.1 Å². The number of carbonyl (C=O) groups is 1. The molecule has 1 amide bonds. The Morgan fingerprint density at radius 2 is 1.70 bits per heavy atom. The molecular formula is C16H14N2O2. The number of hydrogen-bond acceptors (Lipinski definition) is 3. The van der Waals surface area contributed by atoms with Crippen LogP contribution in [0.3, 0.4) is 0 Å². The lowest BCUT2D eigenvalue weighted by Gasteiger charge is -2.18. The molecule has 4 heteroatoms. The van der Waals surface area contributed by atoms with Crippen LogP contribution in [0.25, 0.3) is 0 Å². The van der Waals surface area contributed by atoms with Gasteiger partial charge in [-0.1, -0.05) is 48.5 Å². The number of carbonyl (C=O) groups excluding carboxylic acids is 1. The van der Waals surface area contributed by atoms with E-state index in [1.54, 1.807) is 7.05 Å². The molecule has 0 radical (unpaired) electrons. The summed E-state index contributed by atoms with van der Waals surface area (Å²) in [7, 11) is 1.65. The third-order valence-corrected chi connectivity index (χ3v) is 3.37. The van der Waals surface area contributed by atoms with Crippen LogP contribution in [0.4, 0.5) is 5.69 Å². The van der Waals surface area contributed by atoms with Crippen LogP contribution in [0.2, 0.25) is 0 Å². The molecule has 1 atom stereocenters. The summed E-state index contributed by atoms with van der Waals surface area (Å²) in [6, 6.07) is 17.1. The molecule has 0 spiro atoms. The highest BCUT2D eigenvalue weighted by Crippen LogP contribution is 2.26. The van der Waals surface area contributed by atoms with Crippen LogP contribution in [0.1, 0.15) is 11.1 Å². The van der Waals surface area contributed by atoms with Crippen molar-refractivity contribution in [2.75, 3.05) is 11.9 Å². The van der Waals surface area contributed by atoms with Crippen LogP contribution in [0.15, 0.2) is 59.6 Å². The van der Waals surface area contributed by atoms with Crippen molar-refractivity contribution in [3.8, 4) is 0 Å². The van der Waals surface area contributed by atoms with Crippen molar-refractivity contribution in [3.63, 3.8) is 0 Å². The van der Waals surface area contributed by atoms with E-state index >= 15 is 0 Å². The van der Waals surface area contributed by atoms with Gasteiger partial charge in [-0.25, -0.2) is 4.99 Å². The zero-order valence-electron chi connectivity index (χ0n) is 11.0. The van der Waals surface area contributed by atoms with Gasteiger partial charge in [0.2, 0.25) is 6.23 Å². The molecule has 0 saturated heterocycles. The van der Waals surface area contributed by atoms with Gasteiger partial charge in [-0.2, -0.15) is 0 Å². The molecule has 0 bridgehead atoms. The molecule has 1 heterocycles. The number of para-hydroxylation sites is 1. The van der Waals surface area contributed by atoms with Gasteiger partial charge in [-0.05, 0) is 6.07 Å². The predicted molar refractivity (Wildman–Crippen MR) is 77.9 cm³/mol. The molecule has 0 saturated carbocycles. The molecule has 2 aromatic carbocycles. The Bertz CT molecular complexity index is 680. The molecule has 0 fully saturated rings. The smallest absolute Gasteiger partial charge is 0.278 e. The number of rotatable bonds is 1. The van der Waals surface area contributed by atoms with Crippen LogP contribution in [-0.2, 0) is 4.79 Å². The van der Waals surface area contributed by atoms with Gasteiger partial charge < -0.3 is 10.0 Å². The first-order chi connectivity index (χ1) is 9.68. The van der Waals surface area contributed by atoms with E-state index in [0.29, 0.717) is 5.71 Å². The van der Waals surface area contributed by atoms with E-state index in [2.05, 4.69) is 4.99 Å². The van der Waals surface area contributed by atoms with Gasteiger partial charge in [-0.15, -0.1) is 0 Å². The van der Waals surface area contributed by atoms with Crippen LogP contribution >= 0.6 is 0 Å². The van der Waals surface area contributed by atoms with Crippen molar-refractivity contribution in [2.45, 2.75) is 6.23 Å². The number of benzene rings is 2. The monoisotopic (exact) mass is 266 g/mol. The molecule has 4 nitrogen and oxygen atoms in total. The minimum absolute atomic E-state index is 0.427. The van der Waals surface area contributed by atoms with Gasteiger partial charge in [0.1, 0.15) is 0 Å². The van der Waals surface area contributed by atoms with Crippen molar-refractivity contribution in [1.82, 2.24) is 0 Å². The van der Waals surface area contributed by atoms with Gasteiger partial charge >= 0.3 is 0 Å². The maximum atomic E-state index is 12.1. The Hall–Kier alpha value is -2.46. The Labute approximate surface area is 117 Å². The lowest BCUT2D eigenvalue weighted by Crippen LogP contribution is -2.34. The third kappa shape index (κ3) is 2.00. The molecule has 0 aliphatic carbocycles. The topological polar surface area (TPSA) is 52.9 Å². The first-order valence-electron chi connectivity index (χ1n) is 6.37. The lowest BCUT2D eigenvalue weighted by atomic mass is 10.0. The van der Waals surface area contributed by atoms with Gasteiger partial charge in [0.25, 0.3) is 5.91 Å². The minimum Gasteiger partial charge on any atom is -0.364 e. The summed E-state index contributed by atoms with van der Waals surface area (Å²) in [5.74, 6) is -0.427. The molecule has 100 valence electrons. The zero-order valence-corrected chi connectivity index (χ0v) is 11.0. The largest absolute Gasteiger partial charge is 0.364 e. The summed E-state index contributed by atoms with van der Waals surface area (Å²) in [5.41, 5.74) is 3.09. The minimum atomic E-state index is -1.37. The summed E-state index contributed by atoms with van der Waals surface area (Å²) < 4.78 is 0. The van der Waals surface area contributed by atoms with E-state index in [-0.39, 0.29) is 0 Å². The van der Waals surface area contributed by atoms with Crippen molar-refractivity contribution < 1.29 is 9.90 Å². The normalized spacial score (nSPS) is 18.3. The van der Waals surface area contributed by atoms with E-state index in [1.165, 1.54) is 4.90 Å². The summed E-state index contributed by atoms with van der Waals surface area (Å²) in [6.45, 7) is 0. The standard InChI is InChI=1S/C16H14N2O2/c1-18-13-10-6-5-9-12(13)14(17-15(19)16(18)20)11-7-3-2-4-8-11/h2-10,15,19H,1H3/t15-/m1/s1. The fraction of sp³-hybridized carbons (Fsp3) is 0.125. The highest BCUT2D eigenvalue weighted by molar-refractivity contribution is 6.19. The molecule has 1 aliphatic rings. The zero-order chi connectivity index (χ0) is 14.1. The number of hydrogen-bond donors (Lipinski definition) is 1. The number of aliphatic hydroxyl groups excluding tert-OH is 1. The summed E-state index contributed by atoms with van der Waals surface area (Å²) in [4.78, 5) is 17.7. The van der Waals surface area contributed by atoms with Crippen LogP contribution in [-0.4, -0.2) is 30.0 Å². The van der Waals surface area contributed by atoms with Crippen molar-refractivity contribution in [3.05, 3.63) is 65.7 Å². The van der Waals surface area contributed by atoms with Crippen molar-refractivity contribution in [1.29, 1.82) is 0 Å². The van der Waals surface area contributed by atoms with Crippen LogP contribution < -0.4 is 4.90 Å². The second kappa shape index (κ2) is 4.90. The summed E-state index contributed by atoms with van der Waals surface area (Å²) >= 11 is 0. The number of aliphatic hydroxyl groups is 1. The molecule has 1 N–H and O–H groups in total. The first-order valence-corrected chi connectivity index (χ1v) is 6.37. The average molecular weight is 266 g/mol. The first kappa shape index (κ1) is 12.6. The van der Waals surface area contributed by atoms with Crippen molar-refractivity contribution in [2.24, 2.45) is 4.99 Å². The van der Waals surface area contributed by atoms with Crippen LogP contribution in [0.5, 0.6) is 0 Å². The SMILES string of the molecule is CN1C(=O)[C@@H](O)N=C(c2ccccc2)c2ccccc21. The molecule has 1 aliphatic heterocycles. The maximum Gasteiger partial charge on any atom is 0.278 e. The third-order valence-electron chi connectivity index (χ3n) is 3.37. The quantitative estimate of drug-likeness (QED) is 0.856. The average Bonchev–Trinajstić information content (AvgIpc) is 2.60. The van der Waals surface area contributed by atoms with Gasteiger partial charge in [0.15, 0.2) is 0 Å². The molecule has 0 aromatic heterocycles. The van der Waals surface area contributed by atoms with E-state index in [4.69, 9.17) is 0 Å². The molecular weight excluding hydrogens is 252 g/mol. The fourth-order valence-electron chi connectivity index (χ4n) is 2.33. The highest BCUT2D eigenvalue weighted by Gasteiger charge is 2.27. The second-order valence-corrected chi connectivity index (χ2v) is 4.63. The molecule has 20 heavy (non-hydrogen) atoms. The summed E-state index contributed by atoms with van der Waals surface area (Å²) in [5, 5.41) is 9.95. The predicted octanol–water partition coefficient (Wildman–Crippen LogP) is 1.82. The molecule has 2 aromatic rings. The Morgan fingerprint density at radius 1 is 1.05 bits per heavy atom. The van der Waals surface area contributed by atoms with Gasteiger partial charge in [-0.3, -0.25) is 4.79 Å². The highest BCUT2D eigenvalue weighted by atomic mass is 16.3. The number of aliphatic imine (C=N–C) groups is 1. The summed E-state index contributed by atoms with van der Waals surface area (Å²) in [6.07, 6.45) is -1.37. The Morgan fingerprint density at radius 3 is 2.45 bits per heavy atom. The second-order valence-electron chi connectivity index (χ2n) is 4.63. The van der Waals surface area contributed by atoms with E-state index in [9.17, 15) is 9.90 Å². The number of likely N-dealkylation sites (N-methyl/N-ethyl adjacent to an activating group) is 1. The fourth-order valence-corrected chi connectivity index (χ4v) is 2.33. The van der Waals surface area contributed by atoms with Crippen molar-refractivity contribution >= 4 is 17.3 Å². The van der Waals surface area contributed by atoms with E-state index in [0.717, 1.165) is 16.8 Å². The van der Waals surface area contributed by atoms with Gasteiger partial charge in [0.05, 0.1) is 11.4 Å². The number of benzodiazepines with no additional fused rings is 1. The Kier molecular flexibility index (Phi) is 3.08. The maximum absolute atomic E-state index is 12.1. The van der Waals surface area contributed by atoms with E-state index in [1.807, 2.05) is 54.6 Å². The number of fused-ring (bicyclic) bond motifs is 1. The van der Waals surface area contributed by atoms with Crippen LogP contribution in [0, 0.1) is 0 Å². The number of amides is 1. The molecule has 0 unspecified atom stereocenters. The van der Waals surface area contributed by atoms with Gasteiger partial charge in [0, 0.05) is 18.2 Å². The number of anilines is 1. The number of nitrogens with zero attached hydrogens (tertiary/aromatic N) is 2. The molecule has 3 rings (SSSR count).